The Hall–Kier alpha value is -4.38. The zero-order valence-corrected chi connectivity index (χ0v) is 17.2. The molecule has 0 saturated carbocycles. The lowest BCUT2D eigenvalue weighted by atomic mass is 9.97. The predicted octanol–water partition coefficient (Wildman–Crippen LogP) is 6.24. The number of benzene rings is 3. The molecule has 156 valence electrons. The van der Waals surface area contributed by atoms with E-state index in [1.54, 1.807) is 4.57 Å². The Morgan fingerprint density at radius 3 is 1.59 bits per heavy atom. The Balaban J connectivity index is 1.66. The third-order valence-electron chi connectivity index (χ3n) is 6.11. The number of nitrogens with zero attached hydrogens (tertiary/aromatic N) is 1. The number of rotatable bonds is 4. The highest BCUT2D eigenvalue weighted by molar-refractivity contribution is 6.07. The molecule has 0 unspecified atom stereocenters. The van der Waals surface area contributed by atoms with Gasteiger partial charge in [0, 0.05) is 45.3 Å². The normalized spacial score (nSPS) is 11.5. The van der Waals surface area contributed by atoms with E-state index in [0.29, 0.717) is 17.7 Å². The van der Waals surface area contributed by atoms with Crippen LogP contribution in [0.4, 0.5) is 0 Å². The summed E-state index contributed by atoms with van der Waals surface area (Å²) in [5.41, 5.74) is 5.86. The van der Waals surface area contributed by atoms with E-state index in [1.165, 1.54) is 0 Å². The van der Waals surface area contributed by atoms with Gasteiger partial charge < -0.3 is 20.2 Å². The molecule has 0 amide bonds. The van der Waals surface area contributed by atoms with Crippen molar-refractivity contribution in [2.45, 2.75) is 6.54 Å². The van der Waals surface area contributed by atoms with Crippen LogP contribution in [0.5, 0.6) is 11.8 Å². The molecule has 0 radical (unpaired) electrons. The summed E-state index contributed by atoms with van der Waals surface area (Å²) in [5.74, 6) is 0.0766. The molecule has 5 nitrogen and oxygen atoms in total. The van der Waals surface area contributed by atoms with Gasteiger partial charge in [-0.1, -0.05) is 66.7 Å². The molecule has 3 aromatic heterocycles. The number of aromatic hydroxyl groups is 2. The number of hydrogen-bond acceptors (Lipinski definition) is 2. The highest BCUT2D eigenvalue weighted by atomic mass is 16.3. The fraction of sp³-hybridized carbons (Fsp3) is 0.0370. The van der Waals surface area contributed by atoms with Gasteiger partial charge in [0.2, 0.25) is 11.8 Å². The van der Waals surface area contributed by atoms with E-state index in [4.69, 9.17) is 0 Å². The zero-order valence-electron chi connectivity index (χ0n) is 17.2. The van der Waals surface area contributed by atoms with Gasteiger partial charge in [-0.15, -0.1) is 0 Å². The van der Waals surface area contributed by atoms with Crippen molar-refractivity contribution in [3.8, 4) is 34.0 Å². The molecule has 6 aromatic rings. The highest BCUT2D eigenvalue weighted by Crippen LogP contribution is 2.50. The summed E-state index contributed by atoms with van der Waals surface area (Å²) >= 11 is 0. The number of para-hydroxylation sites is 2. The molecule has 32 heavy (non-hydrogen) atoms. The smallest absolute Gasteiger partial charge is 0.203 e. The molecule has 0 fully saturated rings. The van der Waals surface area contributed by atoms with Crippen molar-refractivity contribution in [2.24, 2.45) is 0 Å². The molecule has 5 heteroatoms. The molecule has 4 N–H and O–H groups in total. The van der Waals surface area contributed by atoms with E-state index < -0.39 is 0 Å². The summed E-state index contributed by atoms with van der Waals surface area (Å²) in [5, 5.41) is 24.8. The second-order valence-corrected chi connectivity index (χ2v) is 7.96. The Morgan fingerprint density at radius 2 is 1.06 bits per heavy atom. The van der Waals surface area contributed by atoms with Crippen LogP contribution in [-0.4, -0.2) is 24.7 Å². The number of aromatic amines is 2. The first-order chi connectivity index (χ1) is 15.7. The number of nitrogens with one attached hydrogen (secondary N) is 2. The molecule has 0 saturated heterocycles. The van der Waals surface area contributed by atoms with Crippen LogP contribution in [0.15, 0.2) is 91.3 Å². The summed E-state index contributed by atoms with van der Waals surface area (Å²) in [6.07, 6.45) is 3.79. The summed E-state index contributed by atoms with van der Waals surface area (Å²) in [6.45, 7) is 0.357. The Bertz CT molecular complexity index is 1470. The SMILES string of the molecule is Oc1c(-c2c[nH]c3ccccc23)c(-c2c[nH]c3ccccc23)c(O)n1Cc1ccccc1. The van der Waals surface area contributed by atoms with Gasteiger partial charge in [0.05, 0.1) is 17.7 Å². The minimum Gasteiger partial charge on any atom is -0.494 e. The lowest BCUT2D eigenvalue weighted by molar-refractivity contribution is 0.379. The maximum atomic E-state index is 11.4. The fourth-order valence-electron chi connectivity index (χ4n) is 4.58. The molecular formula is C27H21N3O2. The molecule has 0 aliphatic rings. The van der Waals surface area contributed by atoms with Crippen LogP contribution >= 0.6 is 0 Å². The lowest BCUT2D eigenvalue weighted by Gasteiger charge is -2.07. The Morgan fingerprint density at radius 1 is 0.594 bits per heavy atom. The second kappa shape index (κ2) is 7.10. The highest BCUT2D eigenvalue weighted by Gasteiger charge is 2.28. The summed E-state index contributed by atoms with van der Waals surface area (Å²) in [4.78, 5) is 6.58. The lowest BCUT2D eigenvalue weighted by Crippen LogP contribution is -1.98. The van der Waals surface area contributed by atoms with Gasteiger partial charge in [0.15, 0.2) is 0 Å². The quantitative estimate of drug-likeness (QED) is 0.273. The predicted molar refractivity (Wildman–Crippen MR) is 128 cm³/mol. The summed E-state index contributed by atoms with van der Waals surface area (Å²) in [7, 11) is 0. The van der Waals surface area contributed by atoms with Crippen LogP contribution in [0, 0.1) is 0 Å². The van der Waals surface area contributed by atoms with E-state index in [-0.39, 0.29) is 11.8 Å². The average Bonchev–Trinajstić information content (AvgIpc) is 3.50. The number of hydrogen-bond donors (Lipinski definition) is 4. The molecule has 0 spiro atoms. The van der Waals surface area contributed by atoms with Gasteiger partial charge in [0.25, 0.3) is 0 Å². The van der Waals surface area contributed by atoms with E-state index in [0.717, 1.165) is 38.5 Å². The first kappa shape index (κ1) is 18.4. The Kier molecular flexibility index (Phi) is 4.08. The van der Waals surface area contributed by atoms with E-state index in [9.17, 15) is 10.2 Å². The molecule has 0 atom stereocenters. The van der Waals surface area contributed by atoms with Crippen LogP contribution in [0.3, 0.4) is 0 Å². The molecular weight excluding hydrogens is 398 g/mol. The number of aromatic nitrogens is 3. The van der Waals surface area contributed by atoms with Crippen LogP contribution in [-0.2, 0) is 6.54 Å². The summed E-state index contributed by atoms with van der Waals surface area (Å²) in [6, 6.07) is 25.8. The molecule has 0 aliphatic heterocycles. The molecule has 0 aliphatic carbocycles. The van der Waals surface area contributed by atoms with Crippen LogP contribution in [0.1, 0.15) is 5.56 Å². The Labute approximate surface area is 184 Å². The largest absolute Gasteiger partial charge is 0.494 e. The van der Waals surface area contributed by atoms with Crippen molar-refractivity contribution < 1.29 is 10.2 Å². The maximum absolute atomic E-state index is 11.4. The van der Waals surface area contributed by atoms with Crippen molar-refractivity contribution in [1.82, 2.24) is 14.5 Å². The van der Waals surface area contributed by atoms with E-state index >= 15 is 0 Å². The molecule has 3 heterocycles. The standard InChI is InChI=1S/C27H21N3O2/c31-26-24(20-14-28-22-12-6-4-10-18(20)22)25(21-15-29-23-13-7-5-11-19(21)23)27(32)30(26)16-17-8-2-1-3-9-17/h1-15,28-29,31-32H,16H2. The monoisotopic (exact) mass is 419 g/mol. The third-order valence-corrected chi connectivity index (χ3v) is 6.11. The van der Waals surface area contributed by atoms with Gasteiger partial charge in [0.1, 0.15) is 0 Å². The van der Waals surface area contributed by atoms with Gasteiger partial charge in [-0.3, -0.25) is 4.57 Å². The van der Waals surface area contributed by atoms with Gasteiger partial charge >= 0.3 is 0 Å². The number of H-pyrrole nitrogens is 2. The van der Waals surface area contributed by atoms with Crippen molar-refractivity contribution in [3.63, 3.8) is 0 Å². The van der Waals surface area contributed by atoms with Crippen molar-refractivity contribution in [3.05, 3.63) is 96.8 Å². The average molecular weight is 419 g/mol. The molecule has 0 bridgehead atoms. The third kappa shape index (κ3) is 2.72. The van der Waals surface area contributed by atoms with Gasteiger partial charge in [-0.2, -0.15) is 0 Å². The first-order valence-corrected chi connectivity index (χ1v) is 10.5. The summed E-state index contributed by atoms with van der Waals surface area (Å²) < 4.78 is 1.57. The number of fused-ring (bicyclic) bond motifs is 2. The van der Waals surface area contributed by atoms with E-state index in [1.807, 2.05) is 91.3 Å². The minimum absolute atomic E-state index is 0.0383. The maximum Gasteiger partial charge on any atom is 0.203 e. The van der Waals surface area contributed by atoms with Crippen LogP contribution in [0.25, 0.3) is 44.1 Å². The van der Waals surface area contributed by atoms with Crippen molar-refractivity contribution >= 4 is 21.8 Å². The van der Waals surface area contributed by atoms with Crippen LogP contribution in [0.2, 0.25) is 0 Å². The van der Waals surface area contributed by atoms with Gasteiger partial charge in [-0.25, -0.2) is 0 Å². The fourth-order valence-corrected chi connectivity index (χ4v) is 4.58. The second-order valence-electron chi connectivity index (χ2n) is 7.96. The first-order valence-electron chi connectivity index (χ1n) is 10.5. The minimum atomic E-state index is 0.0383. The zero-order chi connectivity index (χ0) is 21.7. The molecule has 3 aromatic carbocycles. The van der Waals surface area contributed by atoms with Crippen molar-refractivity contribution in [1.29, 1.82) is 0 Å². The van der Waals surface area contributed by atoms with Gasteiger partial charge in [-0.05, 0) is 17.7 Å². The van der Waals surface area contributed by atoms with Crippen molar-refractivity contribution in [2.75, 3.05) is 0 Å². The van der Waals surface area contributed by atoms with Crippen LogP contribution < -0.4 is 0 Å². The van der Waals surface area contributed by atoms with E-state index in [2.05, 4.69) is 9.97 Å². The molecule has 6 rings (SSSR count). The topological polar surface area (TPSA) is 77.0 Å².